The SMILES string of the molecule is CCOc1ccc(C2=C(Nc3cccc4ccccc34)C(=O)N(CC)C2=O)cc1. The highest BCUT2D eigenvalue weighted by Gasteiger charge is 2.38. The molecule has 29 heavy (non-hydrogen) atoms. The summed E-state index contributed by atoms with van der Waals surface area (Å²) in [5, 5.41) is 5.30. The number of carbonyl (C=O) groups excluding carboxylic acids is 2. The summed E-state index contributed by atoms with van der Waals surface area (Å²) in [6.45, 7) is 4.60. The molecule has 1 N–H and O–H groups in total. The Kier molecular flexibility index (Phi) is 5.04. The van der Waals surface area contributed by atoms with E-state index in [-0.39, 0.29) is 11.8 Å². The van der Waals surface area contributed by atoms with Crippen LogP contribution in [0.15, 0.2) is 72.4 Å². The summed E-state index contributed by atoms with van der Waals surface area (Å²) in [5.41, 5.74) is 2.16. The fourth-order valence-electron chi connectivity index (χ4n) is 3.60. The lowest BCUT2D eigenvalue weighted by Gasteiger charge is -2.13. The number of amides is 2. The molecule has 5 nitrogen and oxygen atoms in total. The number of hydrogen-bond acceptors (Lipinski definition) is 4. The molecule has 0 unspecified atom stereocenters. The third-order valence-electron chi connectivity index (χ3n) is 4.99. The highest BCUT2D eigenvalue weighted by Crippen LogP contribution is 2.33. The molecule has 1 aliphatic heterocycles. The van der Waals surface area contributed by atoms with E-state index >= 15 is 0 Å². The van der Waals surface area contributed by atoms with Crippen molar-refractivity contribution >= 4 is 33.8 Å². The number of fused-ring (bicyclic) bond motifs is 1. The van der Waals surface area contributed by atoms with Gasteiger partial charge in [-0.3, -0.25) is 14.5 Å². The molecular formula is C24H22N2O3. The van der Waals surface area contributed by atoms with Crippen molar-refractivity contribution in [1.29, 1.82) is 0 Å². The first kappa shape index (κ1) is 18.7. The van der Waals surface area contributed by atoms with Gasteiger partial charge in [0.2, 0.25) is 0 Å². The number of hydrogen-bond donors (Lipinski definition) is 1. The molecule has 0 aliphatic carbocycles. The molecule has 0 saturated carbocycles. The zero-order valence-electron chi connectivity index (χ0n) is 16.4. The Bertz CT molecular complexity index is 1110. The van der Waals surface area contributed by atoms with Crippen LogP contribution in [0.4, 0.5) is 5.69 Å². The standard InChI is InChI=1S/C24H22N2O3/c1-3-26-23(27)21(17-12-14-18(15-13-17)29-4-2)22(24(26)28)25-20-11-7-9-16-8-5-6-10-19(16)20/h5-15,25H,3-4H2,1-2H3. The number of anilines is 1. The van der Waals surface area contributed by atoms with Crippen LogP contribution in [0.5, 0.6) is 5.75 Å². The molecule has 0 saturated heterocycles. The number of imide groups is 1. The minimum atomic E-state index is -0.311. The van der Waals surface area contributed by atoms with Crippen LogP contribution in [0.25, 0.3) is 16.3 Å². The molecule has 0 aromatic heterocycles. The lowest BCUT2D eigenvalue weighted by Crippen LogP contribution is -2.32. The molecule has 3 aromatic rings. The third-order valence-corrected chi connectivity index (χ3v) is 4.99. The Morgan fingerprint density at radius 1 is 0.862 bits per heavy atom. The van der Waals surface area contributed by atoms with E-state index in [0.717, 1.165) is 22.2 Å². The van der Waals surface area contributed by atoms with Gasteiger partial charge < -0.3 is 10.1 Å². The molecule has 3 aromatic carbocycles. The summed E-state index contributed by atoms with van der Waals surface area (Å²) >= 11 is 0. The summed E-state index contributed by atoms with van der Waals surface area (Å²) in [7, 11) is 0. The zero-order chi connectivity index (χ0) is 20.4. The Morgan fingerprint density at radius 2 is 1.59 bits per heavy atom. The van der Waals surface area contributed by atoms with E-state index in [1.54, 1.807) is 6.92 Å². The third kappa shape index (κ3) is 3.36. The Labute approximate surface area is 169 Å². The van der Waals surface area contributed by atoms with E-state index in [4.69, 9.17) is 4.74 Å². The first-order valence-corrected chi connectivity index (χ1v) is 9.72. The van der Waals surface area contributed by atoms with Gasteiger partial charge in [-0.25, -0.2) is 0 Å². The predicted molar refractivity (Wildman–Crippen MR) is 114 cm³/mol. The lowest BCUT2D eigenvalue weighted by molar-refractivity contribution is -0.136. The van der Waals surface area contributed by atoms with Crippen molar-refractivity contribution in [3.05, 3.63) is 78.0 Å². The van der Waals surface area contributed by atoms with E-state index in [2.05, 4.69) is 5.32 Å². The first-order valence-electron chi connectivity index (χ1n) is 9.72. The largest absolute Gasteiger partial charge is 0.494 e. The summed E-state index contributed by atoms with van der Waals surface area (Å²) in [6.07, 6.45) is 0. The molecule has 146 valence electrons. The van der Waals surface area contributed by atoms with Gasteiger partial charge in [-0.1, -0.05) is 48.5 Å². The van der Waals surface area contributed by atoms with Gasteiger partial charge in [-0.15, -0.1) is 0 Å². The molecule has 0 radical (unpaired) electrons. The van der Waals surface area contributed by atoms with E-state index in [9.17, 15) is 9.59 Å². The normalized spacial score (nSPS) is 14.1. The van der Waals surface area contributed by atoms with Gasteiger partial charge in [0.1, 0.15) is 11.4 Å². The summed E-state index contributed by atoms with van der Waals surface area (Å²) in [5.74, 6) is 0.128. The molecule has 1 heterocycles. The number of carbonyl (C=O) groups is 2. The quantitative estimate of drug-likeness (QED) is 0.636. The predicted octanol–water partition coefficient (Wildman–Crippen LogP) is 4.45. The fourth-order valence-corrected chi connectivity index (χ4v) is 3.60. The number of ether oxygens (including phenoxy) is 1. The molecule has 2 amide bonds. The average Bonchev–Trinajstić information content (AvgIpc) is 2.98. The second-order valence-electron chi connectivity index (χ2n) is 6.71. The van der Waals surface area contributed by atoms with Crippen molar-refractivity contribution in [2.75, 3.05) is 18.5 Å². The van der Waals surface area contributed by atoms with E-state index < -0.39 is 0 Å². The average molecular weight is 386 g/mol. The van der Waals surface area contributed by atoms with Gasteiger partial charge >= 0.3 is 0 Å². The number of nitrogens with zero attached hydrogens (tertiary/aromatic N) is 1. The number of nitrogens with one attached hydrogen (secondary N) is 1. The molecule has 4 rings (SSSR count). The van der Waals surface area contributed by atoms with Crippen molar-refractivity contribution in [3.8, 4) is 5.75 Å². The van der Waals surface area contributed by atoms with Gasteiger partial charge in [0.15, 0.2) is 0 Å². The molecule has 0 bridgehead atoms. The van der Waals surface area contributed by atoms with Crippen LogP contribution in [-0.2, 0) is 9.59 Å². The van der Waals surface area contributed by atoms with Crippen molar-refractivity contribution in [1.82, 2.24) is 4.90 Å². The van der Waals surface area contributed by atoms with Crippen LogP contribution in [0.3, 0.4) is 0 Å². The second-order valence-corrected chi connectivity index (χ2v) is 6.71. The Balaban J connectivity index is 1.81. The highest BCUT2D eigenvalue weighted by atomic mass is 16.5. The van der Waals surface area contributed by atoms with E-state index in [1.807, 2.05) is 73.7 Å². The van der Waals surface area contributed by atoms with Crippen molar-refractivity contribution in [2.45, 2.75) is 13.8 Å². The van der Waals surface area contributed by atoms with Gasteiger partial charge in [-0.05, 0) is 43.0 Å². The van der Waals surface area contributed by atoms with E-state index in [0.29, 0.717) is 30.0 Å². The number of rotatable bonds is 6. The smallest absolute Gasteiger partial charge is 0.278 e. The van der Waals surface area contributed by atoms with Crippen LogP contribution >= 0.6 is 0 Å². The van der Waals surface area contributed by atoms with Crippen molar-refractivity contribution in [3.63, 3.8) is 0 Å². The van der Waals surface area contributed by atoms with Crippen LogP contribution in [0, 0.1) is 0 Å². The topological polar surface area (TPSA) is 58.6 Å². The Morgan fingerprint density at radius 3 is 2.31 bits per heavy atom. The molecule has 5 heteroatoms. The van der Waals surface area contributed by atoms with Crippen LogP contribution in [0.1, 0.15) is 19.4 Å². The number of benzene rings is 3. The minimum absolute atomic E-state index is 0.288. The van der Waals surface area contributed by atoms with Crippen LogP contribution in [-0.4, -0.2) is 29.9 Å². The molecule has 0 fully saturated rings. The minimum Gasteiger partial charge on any atom is -0.494 e. The molecular weight excluding hydrogens is 364 g/mol. The number of likely N-dealkylation sites (N-methyl/N-ethyl adjacent to an activating group) is 1. The second kappa shape index (κ2) is 7.80. The van der Waals surface area contributed by atoms with Crippen molar-refractivity contribution in [2.24, 2.45) is 0 Å². The van der Waals surface area contributed by atoms with Gasteiger partial charge in [0.25, 0.3) is 11.8 Å². The van der Waals surface area contributed by atoms with Gasteiger partial charge in [0.05, 0.1) is 12.2 Å². The lowest BCUT2D eigenvalue weighted by atomic mass is 10.0. The van der Waals surface area contributed by atoms with Crippen molar-refractivity contribution < 1.29 is 14.3 Å². The first-order chi connectivity index (χ1) is 14.1. The maximum Gasteiger partial charge on any atom is 0.278 e. The maximum atomic E-state index is 13.0. The van der Waals surface area contributed by atoms with E-state index in [1.165, 1.54) is 4.90 Å². The van der Waals surface area contributed by atoms with Gasteiger partial charge in [-0.2, -0.15) is 0 Å². The van der Waals surface area contributed by atoms with Crippen LogP contribution in [0.2, 0.25) is 0 Å². The summed E-state index contributed by atoms with van der Waals surface area (Å²) in [4.78, 5) is 27.3. The monoisotopic (exact) mass is 386 g/mol. The highest BCUT2D eigenvalue weighted by molar-refractivity contribution is 6.36. The van der Waals surface area contributed by atoms with Gasteiger partial charge in [0, 0.05) is 17.6 Å². The van der Waals surface area contributed by atoms with Crippen LogP contribution < -0.4 is 10.1 Å². The maximum absolute atomic E-state index is 13.0. The summed E-state index contributed by atoms with van der Waals surface area (Å²) in [6, 6.07) is 21.1. The molecule has 1 aliphatic rings. The molecule has 0 spiro atoms. The Hall–Kier alpha value is -3.60. The zero-order valence-corrected chi connectivity index (χ0v) is 16.4. The summed E-state index contributed by atoms with van der Waals surface area (Å²) < 4.78 is 5.49. The fraction of sp³-hybridized carbons (Fsp3) is 0.167. The molecule has 0 atom stereocenters.